The van der Waals surface area contributed by atoms with Gasteiger partial charge < -0.3 is 21.6 Å². The van der Waals surface area contributed by atoms with Crippen molar-refractivity contribution in [1.29, 1.82) is 0 Å². The molecule has 0 aliphatic rings. The van der Waals surface area contributed by atoms with Gasteiger partial charge in [0.1, 0.15) is 0 Å². The van der Waals surface area contributed by atoms with Gasteiger partial charge in [-0.15, -0.1) is 0 Å². The second kappa shape index (κ2) is 16.5. The second-order valence-corrected chi connectivity index (χ2v) is 19.4. The third kappa shape index (κ3) is 24.5. The summed E-state index contributed by atoms with van der Waals surface area (Å²) in [6.45, 7) is 48.5. The first-order chi connectivity index (χ1) is 16.6. The fourth-order valence-electron chi connectivity index (χ4n) is 4.50. The Balaban J connectivity index is -0.000000139. The predicted octanol–water partition coefficient (Wildman–Crippen LogP) is 12.4. The van der Waals surface area contributed by atoms with Crippen LogP contribution in [0, 0.1) is 43.3 Å². The summed E-state index contributed by atoms with van der Waals surface area (Å²) in [4.78, 5) is 0. The molecule has 0 spiro atoms. The van der Waals surface area contributed by atoms with Crippen LogP contribution in [0.1, 0.15) is 166 Å². The van der Waals surface area contributed by atoms with Crippen molar-refractivity contribution < 1.29 is 22.4 Å². The van der Waals surface area contributed by atoms with Gasteiger partial charge in [0.2, 0.25) is 0 Å². The Kier molecular flexibility index (Phi) is 20.1. The first kappa shape index (κ1) is 50.1. The summed E-state index contributed by atoms with van der Waals surface area (Å²) in [5, 5.41) is 38.6. The van der Waals surface area contributed by atoms with Crippen LogP contribution in [0.15, 0.2) is 0 Å². The van der Waals surface area contributed by atoms with Gasteiger partial charge in [0, 0.05) is 22.4 Å². The molecule has 0 aliphatic carbocycles. The van der Waals surface area contributed by atoms with Crippen molar-refractivity contribution in [3.05, 3.63) is 21.6 Å². The van der Waals surface area contributed by atoms with E-state index in [0.29, 0.717) is 22.8 Å². The minimum atomic E-state index is -0.0851. The molecule has 41 heavy (non-hydrogen) atoms. The van der Waals surface area contributed by atoms with E-state index in [0.717, 1.165) is 0 Å². The van der Waals surface area contributed by atoms with E-state index in [1.165, 1.54) is 0 Å². The Labute approximate surface area is 275 Å². The van der Waals surface area contributed by atoms with Crippen molar-refractivity contribution in [3.63, 3.8) is 0 Å². The van der Waals surface area contributed by atoms with E-state index in [1.807, 2.05) is 166 Å². The topological polar surface area (TPSA) is 89.2 Å². The molecule has 1 radical (unpaired) electrons. The molecule has 5 heteroatoms. The molecule has 0 aromatic carbocycles. The molecule has 0 atom stereocenters. The van der Waals surface area contributed by atoms with Crippen molar-refractivity contribution >= 4 is 22.8 Å². The summed E-state index contributed by atoms with van der Waals surface area (Å²) < 4.78 is 0. The SMILES string of the molecule is CC(C)(C)C(=[N-])C(C)(C)C.CC(C)(C)C(=[N-])C(C)(C)C.CC(C)(C)C(=[N-])C(C)(C)C.CC(C)(C)C(=[N-])C(C)(C)C.[Nb]. The molecule has 0 saturated carbocycles. The molecule has 0 aromatic rings. The monoisotopic (exact) mass is 653 g/mol. The zero-order valence-corrected chi connectivity index (χ0v) is 34.4. The van der Waals surface area contributed by atoms with Crippen molar-refractivity contribution in [2.24, 2.45) is 43.3 Å². The van der Waals surface area contributed by atoms with Gasteiger partial charge in [-0.2, -0.15) is 22.8 Å². The average molecular weight is 654 g/mol. The maximum atomic E-state index is 9.64. The van der Waals surface area contributed by atoms with Gasteiger partial charge in [0.25, 0.3) is 0 Å². The van der Waals surface area contributed by atoms with Crippen molar-refractivity contribution in [2.45, 2.75) is 166 Å². The Morgan fingerprint density at radius 1 is 0.220 bits per heavy atom. The molecule has 245 valence electrons. The van der Waals surface area contributed by atoms with Gasteiger partial charge in [0.05, 0.1) is 0 Å². The minimum Gasteiger partial charge on any atom is -0.810 e. The number of hydrogen-bond acceptors (Lipinski definition) is 0. The van der Waals surface area contributed by atoms with Gasteiger partial charge in [-0.25, -0.2) is 0 Å². The molecule has 0 aliphatic heterocycles. The van der Waals surface area contributed by atoms with E-state index >= 15 is 0 Å². The minimum absolute atomic E-state index is 0. The summed E-state index contributed by atoms with van der Waals surface area (Å²) in [5.74, 6) is 0. The summed E-state index contributed by atoms with van der Waals surface area (Å²) in [6.07, 6.45) is 0. The van der Waals surface area contributed by atoms with Crippen LogP contribution >= 0.6 is 0 Å². The van der Waals surface area contributed by atoms with Crippen LogP contribution in [0.5, 0.6) is 0 Å². The third-order valence-corrected chi connectivity index (χ3v) is 5.68. The van der Waals surface area contributed by atoms with Crippen LogP contribution < -0.4 is 0 Å². The molecule has 0 heterocycles. The summed E-state index contributed by atoms with van der Waals surface area (Å²) >= 11 is 0. The van der Waals surface area contributed by atoms with Crippen LogP contribution in [0.2, 0.25) is 0 Å². The van der Waals surface area contributed by atoms with Crippen molar-refractivity contribution in [1.82, 2.24) is 0 Å². The molecule has 0 amide bonds. The van der Waals surface area contributed by atoms with Crippen molar-refractivity contribution in [3.8, 4) is 0 Å². The molecule has 0 rings (SSSR count). The Morgan fingerprint density at radius 3 is 0.268 bits per heavy atom. The Bertz CT molecular complexity index is 614. The van der Waals surface area contributed by atoms with E-state index in [2.05, 4.69) is 0 Å². The van der Waals surface area contributed by atoms with E-state index in [4.69, 9.17) is 0 Å². The van der Waals surface area contributed by atoms with Gasteiger partial charge in [0.15, 0.2) is 0 Å². The van der Waals surface area contributed by atoms with E-state index < -0.39 is 0 Å². The van der Waals surface area contributed by atoms with Gasteiger partial charge in [-0.1, -0.05) is 166 Å². The summed E-state index contributed by atoms with van der Waals surface area (Å²) in [6, 6.07) is 0. The smallest absolute Gasteiger partial charge is 0 e. The molecule has 0 unspecified atom stereocenters. The zero-order valence-electron chi connectivity index (χ0n) is 32.2. The first-order valence-corrected chi connectivity index (χ1v) is 14.9. The van der Waals surface area contributed by atoms with Gasteiger partial charge in [-0.05, 0) is 43.3 Å². The van der Waals surface area contributed by atoms with Crippen LogP contribution in [0.3, 0.4) is 0 Å². The summed E-state index contributed by atoms with van der Waals surface area (Å²) in [5.41, 5.74) is 1.60. The maximum absolute atomic E-state index is 9.64. The average Bonchev–Trinajstić information content (AvgIpc) is 2.61. The molecule has 0 bridgehead atoms. The van der Waals surface area contributed by atoms with E-state index in [1.54, 1.807) is 0 Å². The molecule has 0 saturated heterocycles. The fraction of sp³-hybridized carbons (Fsp3) is 0.889. The quantitative estimate of drug-likeness (QED) is 0.184. The Hall–Kier alpha value is -0.580. The fourth-order valence-corrected chi connectivity index (χ4v) is 4.50. The molecular weight excluding hydrogens is 581 g/mol. The van der Waals surface area contributed by atoms with Crippen LogP contribution in [-0.2, 0) is 22.4 Å². The molecular formula is C36H72N4Nb-4. The predicted molar refractivity (Wildman–Crippen MR) is 189 cm³/mol. The second-order valence-electron chi connectivity index (χ2n) is 19.4. The number of rotatable bonds is 0. The molecule has 0 fully saturated rings. The number of nitrogens with zero attached hydrogens (tertiary/aromatic N) is 4. The van der Waals surface area contributed by atoms with Gasteiger partial charge in [-0.3, -0.25) is 0 Å². The molecule has 0 N–H and O–H groups in total. The maximum Gasteiger partial charge on any atom is 0 e. The first-order valence-electron chi connectivity index (χ1n) is 14.9. The number of hydrogen-bond donors (Lipinski definition) is 0. The Morgan fingerprint density at radius 2 is 0.268 bits per heavy atom. The van der Waals surface area contributed by atoms with E-state index in [9.17, 15) is 21.6 Å². The molecule has 4 nitrogen and oxygen atoms in total. The molecule has 0 aromatic heterocycles. The van der Waals surface area contributed by atoms with Crippen molar-refractivity contribution in [2.75, 3.05) is 0 Å². The third-order valence-electron chi connectivity index (χ3n) is 5.68. The van der Waals surface area contributed by atoms with E-state index in [-0.39, 0.29) is 65.7 Å². The zero-order chi connectivity index (χ0) is 34.3. The standard InChI is InChI=1S/4C9H18N.Nb/c4*1-8(2,3)7(10)9(4,5)6;/h4*1-6H3;/q4*-1;. The van der Waals surface area contributed by atoms with Gasteiger partial charge >= 0.3 is 0 Å². The largest absolute Gasteiger partial charge is 0.810 e. The van der Waals surface area contributed by atoms with Crippen LogP contribution in [-0.4, -0.2) is 22.8 Å². The normalized spacial score (nSPS) is 13.1. The summed E-state index contributed by atoms with van der Waals surface area (Å²) in [7, 11) is 0. The van der Waals surface area contributed by atoms with Crippen LogP contribution in [0.4, 0.5) is 0 Å². The van der Waals surface area contributed by atoms with Crippen LogP contribution in [0.25, 0.3) is 21.6 Å².